The number of nitrogens with two attached hydrogens (primary N) is 1. The summed E-state index contributed by atoms with van der Waals surface area (Å²) in [6.07, 6.45) is 0. The monoisotopic (exact) mass is 272 g/mol. The highest BCUT2D eigenvalue weighted by Gasteiger charge is 2.15. The van der Waals surface area contributed by atoms with E-state index >= 15 is 0 Å². The van der Waals surface area contributed by atoms with Gasteiger partial charge in [0.2, 0.25) is 5.88 Å². The van der Waals surface area contributed by atoms with Gasteiger partial charge in [-0.2, -0.15) is 0 Å². The molecule has 0 saturated heterocycles. The zero-order valence-electron chi connectivity index (χ0n) is 10.7. The van der Waals surface area contributed by atoms with Crippen LogP contribution in [0.25, 0.3) is 0 Å². The van der Waals surface area contributed by atoms with E-state index in [4.69, 9.17) is 15.9 Å². The molecule has 0 atom stereocenters. The second-order valence-corrected chi connectivity index (χ2v) is 4.03. The lowest BCUT2D eigenvalue weighted by molar-refractivity contribution is -0.385. The molecule has 0 fully saturated rings. The highest BCUT2D eigenvalue weighted by atomic mass is 16.6. The van der Waals surface area contributed by atoms with Crippen molar-refractivity contribution >= 4 is 11.5 Å². The molecule has 0 bridgehead atoms. The number of nitrogen functional groups attached to an aromatic ring is 1. The number of hydrogen-bond acceptors (Lipinski definition) is 5. The molecular formula is C13H12N4O3. The Bertz CT molecular complexity index is 685. The maximum Gasteiger partial charge on any atom is 0.276 e. The van der Waals surface area contributed by atoms with Gasteiger partial charge in [-0.1, -0.05) is 12.1 Å². The number of nitro groups is 1. The maximum absolute atomic E-state index is 10.9. The number of hydrogen-bond donors (Lipinski definition) is 2. The zero-order valence-corrected chi connectivity index (χ0v) is 10.7. The van der Waals surface area contributed by atoms with E-state index in [1.54, 1.807) is 31.2 Å². The Labute approximate surface area is 114 Å². The fourth-order valence-electron chi connectivity index (χ4n) is 1.65. The Kier molecular flexibility index (Phi) is 3.60. The quantitative estimate of drug-likeness (QED) is 0.383. The van der Waals surface area contributed by atoms with E-state index in [1.807, 2.05) is 0 Å². The second kappa shape index (κ2) is 5.35. The first-order valence-electron chi connectivity index (χ1n) is 5.72. The van der Waals surface area contributed by atoms with Crippen LogP contribution in [0, 0.1) is 22.4 Å². The van der Waals surface area contributed by atoms with Crippen LogP contribution < -0.4 is 10.5 Å². The summed E-state index contributed by atoms with van der Waals surface area (Å²) in [7, 11) is 0. The van der Waals surface area contributed by atoms with Gasteiger partial charge in [0.25, 0.3) is 5.69 Å². The normalized spacial score (nSPS) is 10.1. The summed E-state index contributed by atoms with van der Waals surface area (Å²) >= 11 is 0. The van der Waals surface area contributed by atoms with Gasteiger partial charge >= 0.3 is 0 Å². The molecule has 2 aromatic rings. The predicted octanol–water partition coefficient (Wildman–Crippen LogP) is 2.37. The van der Waals surface area contributed by atoms with Crippen LogP contribution in [-0.2, 0) is 0 Å². The lowest BCUT2D eigenvalue weighted by atomic mass is 10.2. The smallest absolute Gasteiger partial charge is 0.276 e. The number of ether oxygens (including phenoxy) is 1. The fraction of sp³-hybridized carbons (Fsp3) is 0.0769. The first kappa shape index (κ1) is 13.5. The summed E-state index contributed by atoms with van der Waals surface area (Å²) in [5.74, 6) is 0.389. The van der Waals surface area contributed by atoms with Crippen molar-refractivity contribution in [3.63, 3.8) is 0 Å². The van der Waals surface area contributed by atoms with Crippen molar-refractivity contribution in [1.82, 2.24) is 4.98 Å². The number of pyridine rings is 1. The van der Waals surface area contributed by atoms with Gasteiger partial charge in [0.15, 0.2) is 0 Å². The molecule has 0 amide bonds. The van der Waals surface area contributed by atoms with E-state index in [-0.39, 0.29) is 23.1 Å². The second-order valence-electron chi connectivity index (χ2n) is 4.03. The molecule has 0 aliphatic rings. The summed E-state index contributed by atoms with van der Waals surface area (Å²) in [6.45, 7) is 1.60. The number of nitro benzene ring substituents is 1. The summed E-state index contributed by atoms with van der Waals surface area (Å²) < 4.78 is 5.52. The highest BCUT2D eigenvalue weighted by molar-refractivity contribution is 5.93. The van der Waals surface area contributed by atoms with E-state index in [9.17, 15) is 10.1 Å². The molecule has 0 aliphatic carbocycles. The molecule has 0 aliphatic heterocycles. The zero-order chi connectivity index (χ0) is 14.7. The summed E-state index contributed by atoms with van der Waals surface area (Å²) in [6, 6.07) is 9.37. The average Bonchev–Trinajstić information content (AvgIpc) is 2.41. The Hall–Kier alpha value is -2.96. The molecule has 0 radical (unpaired) electrons. The van der Waals surface area contributed by atoms with Crippen molar-refractivity contribution in [2.24, 2.45) is 5.73 Å². The molecule has 2 rings (SSSR count). The van der Waals surface area contributed by atoms with Crippen LogP contribution in [0.3, 0.4) is 0 Å². The predicted molar refractivity (Wildman–Crippen MR) is 73.2 cm³/mol. The summed E-state index contributed by atoms with van der Waals surface area (Å²) in [5, 5.41) is 18.2. The lowest BCUT2D eigenvalue weighted by Crippen LogP contribution is -2.13. The third kappa shape index (κ3) is 2.72. The fourth-order valence-corrected chi connectivity index (χ4v) is 1.65. The van der Waals surface area contributed by atoms with Crippen molar-refractivity contribution in [1.29, 1.82) is 5.41 Å². The van der Waals surface area contributed by atoms with Crippen LogP contribution in [0.15, 0.2) is 36.4 Å². The first-order chi connectivity index (χ1) is 9.49. The van der Waals surface area contributed by atoms with Crippen LogP contribution in [0.2, 0.25) is 0 Å². The Balaban J connectivity index is 2.35. The van der Waals surface area contributed by atoms with E-state index in [0.717, 1.165) is 0 Å². The van der Waals surface area contributed by atoms with Gasteiger partial charge in [-0.25, -0.2) is 4.98 Å². The molecule has 1 heterocycles. The van der Waals surface area contributed by atoms with E-state index in [2.05, 4.69) is 4.98 Å². The molecule has 7 heteroatoms. The Morgan fingerprint density at radius 1 is 1.35 bits per heavy atom. The van der Waals surface area contributed by atoms with Crippen LogP contribution in [0.5, 0.6) is 11.6 Å². The molecule has 7 nitrogen and oxygen atoms in total. The molecule has 0 spiro atoms. The number of nitrogens with one attached hydrogen (secondary N) is 1. The van der Waals surface area contributed by atoms with Gasteiger partial charge in [-0.3, -0.25) is 15.5 Å². The lowest BCUT2D eigenvalue weighted by Gasteiger charge is -2.08. The van der Waals surface area contributed by atoms with Crippen molar-refractivity contribution < 1.29 is 9.66 Å². The first-order valence-corrected chi connectivity index (χ1v) is 5.72. The molecule has 102 valence electrons. The maximum atomic E-state index is 10.9. The molecule has 3 N–H and O–H groups in total. The topological polar surface area (TPSA) is 115 Å². The summed E-state index contributed by atoms with van der Waals surface area (Å²) in [4.78, 5) is 14.4. The third-order valence-electron chi connectivity index (χ3n) is 2.67. The highest BCUT2D eigenvalue weighted by Crippen LogP contribution is 2.30. The van der Waals surface area contributed by atoms with Crippen LogP contribution in [0.1, 0.15) is 11.3 Å². The van der Waals surface area contributed by atoms with E-state index in [0.29, 0.717) is 11.3 Å². The van der Waals surface area contributed by atoms with Crippen molar-refractivity contribution in [3.05, 3.63) is 57.8 Å². The number of nitrogens with zero attached hydrogens (tertiary/aromatic N) is 2. The minimum Gasteiger partial charge on any atom is -0.438 e. The Morgan fingerprint density at radius 2 is 2.05 bits per heavy atom. The number of rotatable bonds is 4. The number of benzene rings is 1. The van der Waals surface area contributed by atoms with E-state index < -0.39 is 4.92 Å². The van der Waals surface area contributed by atoms with Crippen LogP contribution in [0.4, 0.5) is 5.69 Å². The minimum absolute atomic E-state index is 0.0229. The summed E-state index contributed by atoms with van der Waals surface area (Å²) in [5.41, 5.74) is 6.02. The molecule has 1 aromatic heterocycles. The van der Waals surface area contributed by atoms with Gasteiger partial charge < -0.3 is 10.5 Å². The van der Waals surface area contributed by atoms with Crippen LogP contribution in [-0.4, -0.2) is 15.7 Å². The van der Waals surface area contributed by atoms with Crippen molar-refractivity contribution in [3.8, 4) is 11.6 Å². The third-order valence-corrected chi connectivity index (χ3v) is 2.67. The largest absolute Gasteiger partial charge is 0.438 e. The number of amidine groups is 1. The van der Waals surface area contributed by atoms with Crippen molar-refractivity contribution in [2.75, 3.05) is 0 Å². The molecule has 20 heavy (non-hydrogen) atoms. The minimum atomic E-state index is -0.471. The van der Waals surface area contributed by atoms with E-state index in [1.165, 1.54) is 12.1 Å². The SMILES string of the molecule is Cc1c(Oc2cccc(C(=N)N)n2)cccc1[N+](=O)[O-]. The Morgan fingerprint density at radius 3 is 2.70 bits per heavy atom. The van der Waals surface area contributed by atoms with Gasteiger partial charge in [0.05, 0.1) is 10.5 Å². The standard InChI is InChI=1S/C13H12N4O3/c1-8-10(17(18)19)5-3-6-11(8)20-12-7-2-4-9(16-12)13(14)15/h2-7H,1H3,(H3,14,15). The molecule has 0 unspecified atom stereocenters. The van der Waals surface area contributed by atoms with Gasteiger partial charge in [-0.05, 0) is 19.1 Å². The van der Waals surface area contributed by atoms with Gasteiger partial charge in [0.1, 0.15) is 17.3 Å². The van der Waals surface area contributed by atoms with Gasteiger partial charge in [0, 0.05) is 12.1 Å². The molecule has 0 saturated carbocycles. The molecular weight excluding hydrogens is 260 g/mol. The average molecular weight is 272 g/mol. The van der Waals surface area contributed by atoms with Crippen LogP contribution >= 0.6 is 0 Å². The number of aromatic nitrogens is 1. The van der Waals surface area contributed by atoms with Crippen molar-refractivity contribution in [2.45, 2.75) is 6.92 Å². The van der Waals surface area contributed by atoms with Gasteiger partial charge in [-0.15, -0.1) is 0 Å². The molecule has 1 aromatic carbocycles.